The van der Waals surface area contributed by atoms with Gasteiger partial charge in [-0.05, 0) is 18.2 Å². The summed E-state index contributed by atoms with van der Waals surface area (Å²) in [5.74, 6) is 0. The molecule has 0 saturated heterocycles. The summed E-state index contributed by atoms with van der Waals surface area (Å²) in [4.78, 5) is 0.377. The third kappa shape index (κ3) is 2.95. The van der Waals surface area contributed by atoms with Crippen LogP contribution in [0.2, 0.25) is 0 Å². The summed E-state index contributed by atoms with van der Waals surface area (Å²) in [7, 11) is -3.53. The first-order chi connectivity index (χ1) is 8.62. The second-order valence-electron chi connectivity index (χ2n) is 3.40. The van der Waals surface area contributed by atoms with Crippen molar-refractivity contribution in [3.63, 3.8) is 0 Å². The van der Waals surface area contributed by atoms with Gasteiger partial charge < -0.3 is 0 Å². The van der Waals surface area contributed by atoms with Crippen LogP contribution in [0, 0.1) is 11.3 Å². The maximum atomic E-state index is 11.9. The predicted molar refractivity (Wildman–Crippen MR) is 66.4 cm³/mol. The lowest BCUT2D eigenvalue weighted by Crippen LogP contribution is -2.26. The number of aromatic nitrogens is 2. The smallest absolute Gasteiger partial charge is 0.250 e. The van der Waals surface area contributed by atoms with Crippen LogP contribution in [-0.2, 0) is 16.6 Å². The molecule has 0 unspecified atom stereocenters. The van der Waals surface area contributed by atoms with Gasteiger partial charge in [0, 0.05) is 18.9 Å². The molecule has 0 aromatic carbocycles. The SMILES string of the molecule is N#Cc1ccc(S(=O)(=O)NCCn2cccn2)s1. The number of hydrogen-bond donors (Lipinski definition) is 1. The molecule has 6 nitrogen and oxygen atoms in total. The van der Waals surface area contributed by atoms with Gasteiger partial charge in [-0.1, -0.05) is 0 Å². The fourth-order valence-corrected chi connectivity index (χ4v) is 3.49. The van der Waals surface area contributed by atoms with Gasteiger partial charge in [0.15, 0.2) is 0 Å². The molecular formula is C10H10N4O2S2. The molecule has 2 aromatic rings. The summed E-state index contributed by atoms with van der Waals surface area (Å²) in [5.41, 5.74) is 0. The normalized spacial score (nSPS) is 11.3. The van der Waals surface area contributed by atoms with E-state index in [0.717, 1.165) is 11.3 Å². The zero-order chi connectivity index (χ0) is 13.0. The first kappa shape index (κ1) is 12.8. The molecule has 0 aliphatic heterocycles. The topological polar surface area (TPSA) is 87.8 Å². The highest BCUT2D eigenvalue weighted by atomic mass is 32.2. The van der Waals surface area contributed by atoms with Crippen LogP contribution in [-0.4, -0.2) is 24.7 Å². The maximum Gasteiger partial charge on any atom is 0.250 e. The highest BCUT2D eigenvalue weighted by Crippen LogP contribution is 2.20. The minimum Gasteiger partial charge on any atom is -0.271 e. The Morgan fingerprint density at radius 3 is 2.94 bits per heavy atom. The molecule has 8 heteroatoms. The summed E-state index contributed by atoms with van der Waals surface area (Å²) >= 11 is 0.954. The van der Waals surface area contributed by atoms with E-state index in [4.69, 9.17) is 5.26 Å². The third-order valence-corrected chi connectivity index (χ3v) is 5.09. The van der Waals surface area contributed by atoms with Gasteiger partial charge in [-0.2, -0.15) is 10.4 Å². The second kappa shape index (κ2) is 5.30. The highest BCUT2D eigenvalue weighted by molar-refractivity contribution is 7.91. The van der Waals surface area contributed by atoms with E-state index in [0.29, 0.717) is 11.4 Å². The van der Waals surface area contributed by atoms with Crippen LogP contribution in [0.1, 0.15) is 4.88 Å². The molecule has 2 rings (SSSR count). The van der Waals surface area contributed by atoms with Crippen LogP contribution in [0.3, 0.4) is 0 Å². The molecule has 2 aromatic heterocycles. The van der Waals surface area contributed by atoms with Gasteiger partial charge in [0.05, 0.1) is 6.54 Å². The second-order valence-corrected chi connectivity index (χ2v) is 6.47. The van der Waals surface area contributed by atoms with Crippen molar-refractivity contribution in [3.8, 4) is 6.07 Å². The molecule has 0 radical (unpaired) electrons. The van der Waals surface area contributed by atoms with Crippen LogP contribution in [0.15, 0.2) is 34.8 Å². The van der Waals surface area contributed by atoms with Crippen molar-refractivity contribution in [2.75, 3.05) is 6.54 Å². The van der Waals surface area contributed by atoms with E-state index in [1.54, 1.807) is 23.1 Å². The van der Waals surface area contributed by atoms with Gasteiger partial charge in [-0.3, -0.25) is 4.68 Å². The minimum atomic E-state index is -3.53. The lowest BCUT2D eigenvalue weighted by Gasteiger charge is -2.04. The lowest BCUT2D eigenvalue weighted by atomic mass is 10.5. The van der Waals surface area contributed by atoms with Crippen molar-refractivity contribution < 1.29 is 8.42 Å². The molecule has 0 saturated carbocycles. The fraction of sp³-hybridized carbons (Fsp3) is 0.200. The Kier molecular flexibility index (Phi) is 3.76. The summed E-state index contributed by atoms with van der Waals surface area (Å²) in [5, 5.41) is 12.6. The summed E-state index contributed by atoms with van der Waals surface area (Å²) in [6.07, 6.45) is 3.39. The molecule has 2 heterocycles. The van der Waals surface area contributed by atoms with E-state index < -0.39 is 10.0 Å². The molecule has 0 aliphatic carbocycles. The average Bonchev–Trinajstić information content (AvgIpc) is 2.99. The Morgan fingerprint density at radius 1 is 1.50 bits per heavy atom. The van der Waals surface area contributed by atoms with Crippen molar-refractivity contribution in [3.05, 3.63) is 35.5 Å². The Labute approximate surface area is 109 Å². The van der Waals surface area contributed by atoms with Gasteiger partial charge in [-0.25, -0.2) is 13.1 Å². The summed E-state index contributed by atoms with van der Waals surface area (Å²) in [6, 6.07) is 6.60. The van der Waals surface area contributed by atoms with Crippen molar-refractivity contribution in [1.82, 2.24) is 14.5 Å². The minimum absolute atomic E-state index is 0.152. The van der Waals surface area contributed by atoms with Crippen LogP contribution in [0.4, 0.5) is 0 Å². The average molecular weight is 282 g/mol. The zero-order valence-electron chi connectivity index (χ0n) is 9.28. The van der Waals surface area contributed by atoms with Gasteiger partial charge in [0.25, 0.3) is 0 Å². The molecule has 18 heavy (non-hydrogen) atoms. The van der Waals surface area contributed by atoms with Crippen LogP contribution in [0.25, 0.3) is 0 Å². The standard InChI is InChI=1S/C10H10N4O2S2/c11-8-9-2-3-10(17-9)18(15,16)13-5-7-14-6-1-4-12-14/h1-4,6,13H,5,7H2. The number of sulfonamides is 1. The van der Waals surface area contributed by atoms with Gasteiger partial charge in [-0.15, -0.1) is 11.3 Å². The van der Waals surface area contributed by atoms with E-state index in [9.17, 15) is 8.42 Å². The molecule has 0 amide bonds. The van der Waals surface area contributed by atoms with Crippen molar-refractivity contribution in [2.24, 2.45) is 0 Å². The van der Waals surface area contributed by atoms with E-state index in [1.165, 1.54) is 12.1 Å². The predicted octanol–water partition coefficient (Wildman–Crippen LogP) is 0.795. The first-order valence-corrected chi connectivity index (χ1v) is 7.39. The van der Waals surface area contributed by atoms with Gasteiger partial charge in [0.1, 0.15) is 15.2 Å². The summed E-state index contributed by atoms with van der Waals surface area (Å²) < 4.78 is 28.0. The molecular weight excluding hydrogens is 272 g/mol. The molecule has 0 bridgehead atoms. The number of rotatable bonds is 5. The molecule has 1 N–H and O–H groups in total. The molecule has 0 spiro atoms. The van der Waals surface area contributed by atoms with Gasteiger partial charge in [0.2, 0.25) is 10.0 Å². The number of nitrogens with zero attached hydrogens (tertiary/aromatic N) is 3. The maximum absolute atomic E-state index is 11.9. The Balaban J connectivity index is 1.97. The molecule has 0 fully saturated rings. The molecule has 94 valence electrons. The van der Waals surface area contributed by atoms with Crippen LogP contribution < -0.4 is 4.72 Å². The van der Waals surface area contributed by atoms with Gasteiger partial charge >= 0.3 is 0 Å². The molecule has 0 aliphatic rings. The zero-order valence-corrected chi connectivity index (χ0v) is 10.9. The van der Waals surface area contributed by atoms with Crippen molar-refractivity contribution in [2.45, 2.75) is 10.8 Å². The number of hydrogen-bond acceptors (Lipinski definition) is 5. The lowest BCUT2D eigenvalue weighted by molar-refractivity contribution is 0.562. The Hall–Kier alpha value is -1.69. The van der Waals surface area contributed by atoms with Crippen molar-refractivity contribution >= 4 is 21.4 Å². The third-order valence-electron chi connectivity index (χ3n) is 2.15. The number of thiophene rings is 1. The van der Waals surface area contributed by atoms with Crippen LogP contribution >= 0.6 is 11.3 Å². The monoisotopic (exact) mass is 282 g/mol. The van der Waals surface area contributed by atoms with Crippen LogP contribution in [0.5, 0.6) is 0 Å². The van der Waals surface area contributed by atoms with E-state index in [2.05, 4.69) is 9.82 Å². The fourth-order valence-electron chi connectivity index (χ4n) is 1.32. The quantitative estimate of drug-likeness (QED) is 0.878. The number of nitrogens with one attached hydrogen (secondary N) is 1. The van der Waals surface area contributed by atoms with Crippen molar-refractivity contribution in [1.29, 1.82) is 5.26 Å². The van der Waals surface area contributed by atoms with E-state index in [-0.39, 0.29) is 10.8 Å². The first-order valence-electron chi connectivity index (χ1n) is 5.09. The summed E-state index contributed by atoms with van der Waals surface area (Å²) in [6.45, 7) is 0.715. The number of nitriles is 1. The largest absolute Gasteiger partial charge is 0.271 e. The Bertz CT molecular complexity index is 652. The Morgan fingerprint density at radius 2 is 2.33 bits per heavy atom. The van der Waals surface area contributed by atoms with E-state index >= 15 is 0 Å². The molecule has 0 atom stereocenters. The highest BCUT2D eigenvalue weighted by Gasteiger charge is 2.16. The van der Waals surface area contributed by atoms with E-state index in [1.807, 2.05) is 6.07 Å².